The van der Waals surface area contributed by atoms with E-state index >= 15 is 0 Å². The molecule has 0 aliphatic heterocycles. The van der Waals surface area contributed by atoms with Gasteiger partial charge in [0.05, 0.1) is 11.3 Å². The number of carbonyl (C=O) groups excluding carboxylic acids is 2. The summed E-state index contributed by atoms with van der Waals surface area (Å²) in [6.45, 7) is 1.25. The Morgan fingerprint density at radius 3 is 2.31 bits per heavy atom. The minimum Gasteiger partial charge on any atom is -0.373 e. The van der Waals surface area contributed by atoms with E-state index in [4.69, 9.17) is 0 Å². The number of carbonyl (C=O) groups is 2. The van der Waals surface area contributed by atoms with Crippen LogP contribution in [0.5, 0.6) is 0 Å². The van der Waals surface area contributed by atoms with Crippen LogP contribution in [0.25, 0.3) is 0 Å². The zero-order valence-corrected chi connectivity index (χ0v) is 16.3. The van der Waals surface area contributed by atoms with E-state index in [9.17, 15) is 9.59 Å². The normalized spacial score (nSPS) is 10.3. The highest BCUT2D eigenvalue weighted by Gasteiger charge is 2.13. The molecule has 2 aromatic carbocycles. The topological polar surface area (TPSA) is 52.7 Å². The quantitative estimate of drug-likeness (QED) is 0.725. The molecular formula is C20H25N3O2S. The molecule has 0 atom stereocenters. The number of likely N-dealkylation sites (N-methyl/N-ethyl adjacent to an activating group) is 1. The molecule has 0 bridgehead atoms. The van der Waals surface area contributed by atoms with Gasteiger partial charge in [0.15, 0.2) is 0 Å². The lowest BCUT2D eigenvalue weighted by molar-refractivity contribution is -0.125. The Morgan fingerprint density at radius 1 is 0.962 bits per heavy atom. The Hall–Kier alpha value is -2.47. The number of benzene rings is 2. The maximum Gasteiger partial charge on any atom is 0.252 e. The van der Waals surface area contributed by atoms with Crippen molar-refractivity contribution in [1.82, 2.24) is 10.2 Å². The van der Waals surface area contributed by atoms with E-state index in [0.717, 1.165) is 10.6 Å². The Balaban J connectivity index is 1.90. The molecule has 0 spiro atoms. The molecule has 6 heteroatoms. The predicted octanol–water partition coefficient (Wildman–Crippen LogP) is 2.73. The molecule has 0 saturated carbocycles. The number of para-hydroxylation sites is 1. The van der Waals surface area contributed by atoms with Gasteiger partial charge in [-0.2, -0.15) is 0 Å². The Bertz CT molecular complexity index is 735. The van der Waals surface area contributed by atoms with E-state index in [0.29, 0.717) is 24.4 Å². The summed E-state index contributed by atoms with van der Waals surface area (Å²) in [7, 11) is 5.45. The van der Waals surface area contributed by atoms with Crippen molar-refractivity contribution in [3.63, 3.8) is 0 Å². The van der Waals surface area contributed by atoms with E-state index < -0.39 is 0 Å². The molecule has 0 fully saturated rings. The van der Waals surface area contributed by atoms with Gasteiger partial charge in [0.1, 0.15) is 0 Å². The third-order valence-corrected chi connectivity index (χ3v) is 4.97. The number of hydrogen-bond donors (Lipinski definition) is 1. The minimum atomic E-state index is -0.119. The van der Waals surface area contributed by atoms with E-state index in [-0.39, 0.29) is 11.8 Å². The SMILES string of the molecule is CN(C)C(=O)CSc1ccccc1C(=O)NCCN(C)c1ccccc1. The molecule has 138 valence electrons. The molecule has 0 aliphatic rings. The van der Waals surface area contributed by atoms with Crippen molar-refractivity contribution in [3.05, 3.63) is 60.2 Å². The van der Waals surface area contributed by atoms with Gasteiger partial charge in [0.25, 0.3) is 5.91 Å². The number of thioether (sulfide) groups is 1. The van der Waals surface area contributed by atoms with Gasteiger partial charge in [-0.15, -0.1) is 11.8 Å². The van der Waals surface area contributed by atoms with E-state index in [1.807, 2.05) is 55.6 Å². The molecule has 0 aromatic heterocycles. The summed E-state index contributed by atoms with van der Waals surface area (Å²) in [6, 6.07) is 17.4. The second kappa shape index (κ2) is 9.87. The van der Waals surface area contributed by atoms with Crippen molar-refractivity contribution in [2.45, 2.75) is 4.90 Å². The summed E-state index contributed by atoms with van der Waals surface area (Å²) in [5.74, 6) is 0.218. The van der Waals surface area contributed by atoms with Crippen LogP contribution >= 0.6 is 11.8 Å². The number of anilines is 1. The van der Waals surface area contributed by atoms with Gasteiger partial charge in [-0.3, -0.25) is 9.59 Å². The first-order valence-electron chi connectivity index (χ1n) is 8.45. The molecule has 0 unspecified atom stereocenters. The summed E-state index contributed by atoms with van der Waals surface area (Å²) >= 11 is 1.39. The van der Waals surface area contributed by atoms with Crippen LogP contribution < -0.4 is 10.2 Å². The summed E-state index contributed by atoms with van der Waals surface area (Å²) in [4.78, 5) is 28.8. The maximum atomic E-state index is 12.5. The molecule has 2 amide bonds. The number of hydrogen-bond acceptors (Lipinski definition) is 4. The molecule has 0 radical (unpaired) electrons. The summed E-state index contributed by atoms with van der Waals surface area (Å²) in [5.41, 5.74) is 1.71. The smallest absolute Gasteiger partial charge is 0.252 e. The third kappa shape index (κ3) is 5.81. The van der Waals surface area contributed by atoms with Crippen molar-refractivity contribution in [3.8, 4) is 0 Å². The van der Waals surface area contributed by atoms with Gasteiger partial charge in [0.2, 0.25) is 5.91 Å². The van der Waals surface area contributed by atoms with Crippen molar-refractivity contribution in [1.29, 1.82) is 0 Å². The van der Waals surface area contributed by atoms with Gasteiger partial charge in [-0.1, -0.05) is 30.3 Å². The van der Waals surface area contributed by atoms with Crippen LogP contribution in [0.1, 0.15) is 10.4 Å². The van der Waals surface area contributed by atoms with Crippen LogP contribution in [0.15, 0.2) is 59.5 Å². The largest absolute Gasteiger partial charge is 0.373 e. The molecule has 2 aromatic rings. The zero-order valence-electron chi connectivity index (χ0n) is 15.4. The van der Waals surface area contributed by atoms with Gasteiger partial charge in [-0.25, -0.2) is 0 Å². The lowest BCUT2D eigenvalue weighted by Gasteiger charge is -2.19. The molecule has 0 aliphatic carbocycles. The van der Waals surface area contributed by atoms with E-state index in [2.05, 4.69) is 10.2 Å². The van der Waals surface area contributed by atoms with Crippen molar-refractivity contribution < 1.29 is 9.59 Å². The van der Waals surface area contributed by atoms with Gasteiger partial charge in [-0.05, 0) is 24.3 Å². The Morgan fingerprint density at radius 2 is 1.62 bits per heavy atom. The lowest BCUT2D eigenvalue weighted by atomic mass is 10.2. The number of amides is 2. The highest BCUT2D eigenvalue weighted by Crippen LogP contribution is 2.22. The predicted molar refractivity (Wildman–Crippen MR) is 108 cm³/mol. The average molecular weight is 372 g/mol. The average Bonchev–Trinajstić information content (AvgIpc) is 2.66. The summed E-state index contributed by atoms with van der Waals surface area (Å²) in [5, 5.41) is 2.96. The van der Waals surface area contributed by atoms with Crippen LogP contribution in [0.4, 0.5) is 5.69 Å². The van der Waals surface area contributed by atoms with Crippen LogP contribution in [-0.2, 0) is 4.79 Å². The van der Waals surface area contributed by atoms with Crippen molar-refractivity contribution >= 4 is 29.3 Å². The van der Waals surface area contributed by atoms with Crippen LogP contribution in [-0.4, -0.2) is 56.7 Å². The monoisotopic (exact) mass is 371 g/mol. The third-order valence-electron chi connectivity index (χ3n) is 3.91. The first-order valence-corrected chi connectivity index (χ1v) is 9.44. The fourth-order valence-corrected chi connectivity index (χ4v) is 3.32. The number of rotatable bonds is 8. The molecule has 2 rings (SSSR count). The van der Waals surface area contributed by atoms with Gasteiger partial charge in [0, 0.05) is 44.8 Å². The number of nitrogens with zero attached hydrogens (tertiary/aromatic N) is 2. The fraction of sp³-hybridized carbons (Fsp3) is 0.300. The molecule has 26 heavy (non-hydrogen) atoms. The Kier molecular flexibility index (Phi) is 7.53. The zero-order chi connectivity index (χ0) is 18.9. The standard InChI is InChI=1S/C20H25N3O2S/c1-22(2)19(24)15-26-18-12-8-7-11-17(18)20(25)21-13-14-23(3)16-9-5-4-6-10-16/h4-12H,13-15H2,1-3H3,(H,21,25). The van der Waals surface area contributed by atoms with Crippen molar-refractivity contribution in [2.24, 2.45) is 0 Å². The molecule has 1 N–H and O–H groups in total. The highest BCUT2D eigenvalue weighted by molar-refractivity contribution is 8.00. The second-order valence-electron chi connectivity index (χ2n) is 6.09. The number of nitrogens with one attached hydrogen (secondary N) is 1. The van der Waals surface area contributed by atoms with Gasteiger partial charge >= 0.3 is 0 Å². The van der Waals surface area contributed by atoms with E-state index in [1.165, 1.54) is 11.8 Å². The van der Waals surface area contributed by atoms with Crippen LogP contribution in [0.3, 0.4) is 0 Å². The summed E-state index contributed by atoms with van der Waals surface area (Å²) < 4.78 is 0. The fourth-order valence-electron chi connectivity index (χ4n) is 2.29. The molecule has 0 heterocycles. The Labute approximate surface area is 159 Å². The lowest BCUT2D eigenvalue weighted by Crippen LogP contribution is -2.33. The van der Waals surface area contributed by atoms with Crippen LogP contribution in [0, 0.1) is 0 Å². The van der Waals surface area contributed by atoms with Crippen LogP contribution in [0.2, 0.25) is 0 Å². The molecule has 5 nitrogen and oxygen atoms in total. The maximum absolute atomic E-state index is 12.5. The summed E-state index contributed by atoms with van der Waals surface area (Å²) in [6.07, 6.45) is 0. The first-order chi connectivity index (χ1) is 12.5. The van der Waals surface area contributed by atoms with Gasteiger partial charge < -0.3 is 15.1 Å². The minimum absolute atomic E-state index is 0.0229. The second-order valence-corrected chi connectivity index (χ2v) is 7.10. The van der Waals surface area contributed by atoms with Crippen molar-refractivity contribution in [2.75, 3.05) is 44.9 Å². The van der Waals surface area contributed by atoms with E-state index in [1.54, 1.807) is 25.1 Å². The molecule has 0 saturated heterocycles. The highest BCUT2D eigenvalue weighted by atomic mass is 32.2. The first kappa shape index (κ1) is 19.8. The molecular weight excluding hydrogens is 346 g/mol.